The van der Waals surface area contributed by atoms with E-state index in [0.717, 1.165) is 34.5 Å². The third-order valence-corrected chi connectivity index (χ3v) is 4.80. The van der Waals surface area contributed by atoms with E-state index in [0.29, 0.717) is 13.1 Å². The highest BCUT2D eigenvalue weighted by molar-refractivity contribution is 9.10. The minimum Gasteiger partial charge on any atom is -0.353 e. The van der Waals surface area contributed by atoms with E-state index in [2.05, 4.69) is 25.8 Å². The summed E-state index contributed by atoms with van der Waals surface area (Å²) in [5, 5.41) is 0. The van der Waals surface area contributed by atoms with Crippen LogP contribution in [-0.2, 0) is 4.79 Å². The average Bonchev–Trinajstić information content (AvgIpc) is 2.62. The summed E-state index contributed by atoms with van der Waals surface area (Å²) in [6.07, 6.45) is 1.79. The zero-order valence-corrected chi connectivity index (χ0v) is 15.2. The van der Waals surface area contributed by atoms with Gasteiger partial charge in [-0.25, -0.2) is 4.98 Å². The molecule has 1 unspecified atom stereocenters. The molecule has 0 aliphatic carbocycles. The Labute approximate surface area is 150 Å². The van der Waals surface area contributed by atoms with Gasteiger partial charge in [-0.3, -0.25) is 4.79 Å². The van der Waals surface area contributed by atoms with Gasteiger partial charge < -0.3 is 15.5 Å². The van der Waals surface area contributed by atoms with Crippen LogP contribution in [-0.4, -0.2) is 42.0 Å². The van der Waals surface area contributed by atoms with Gasteiger partial charge in [0.2, 0.25) is 5.91 Å². The molecule has 1 aromatic heterocycles. The fourth-order valence-electron chi connectivity index (χ4n) is 2.82. The third kappa shape index (κ3) is 3.76. The highest BCUT2D eigenvalue weighted by atomic mass is 79.9. The van der Waals surface area contributed by atoms with Gasteiger partial charge in [0.05, 0.1) is 0 Å². The molecule has 0 saturated carbocycles. The first-order chi connectivity index (χ1) is 11.5. The first-order valence-electron chi connectivity index (χ1n) is 8.02. The molecule has 1 saturated heterocycles. The molecule has 0 spiro atoms. The van der Waals surface area contributed by atoms with Crippen molar-refractivity contribution >= 4 is 27.7 Å². The van der Waals surface area contributed by atoms with Crippen LogP contribution in [0.1, 0.15) is 17.2 Å². The van der Waals surface area contributed by atoms with Crippen LogP contribution in [0.15, 0.2) is 47.1 Å². The van der Waals surface area contributed by atoms with Crippen LogP contribution in [0.4, 0.5) is 5.82 Å². The number of hydrogen-bond acceptors (Lipinski definition) is 4. The molecule has 1 fully saturated rings. The highest BCUT2D eigenvalue weighted by Gasteiger charge is 2.26. The maximum atomic E-state index is 12.6. The van der Waals surface area contributed by atoms with Crippen LogP contribution in [0.25, 0.3) is 0 Å². The summed E-state index contributed by atoms with van der Waals surface area (Å²) in [4.78, 5) is 21.1. The molecule has 24 heavy (non-hydrogen) atoms. The van der Waals surface area contributed by atoms with Crippen molar-refractivity contribution in [2.24, 2.45) is 5.73 Å². The molecule has 1 aliphatic heterocycles. The quantitative estimate of drug-likeness (QED) is 0.877. The van der Waals surface area contributed by atoms with Crippen molar-refractivity contribution in [2.75, 3.05) is 31.1 Å². The molecular formula is C18H21BrN4O. The van der Waals surface area contributed by atoms with Crippen molar-refractivity contribution in [1.82, 2.24) is 9.88 Å². The van der Waals surface area contributed by atoms with Crippen LogP contribution >= 0.6 is 15.9 Å². The number of carbonyl (C=O) groups excluding carboxylic acids is 1. The van der Waals surface area contributed by atoms with E-state index in [9.17, 15) is 4.79 Å². The molecule has 0 radical (unpaired) electrons. The van der Waals surface area contributed by atoms with Crippen LogP contribution < -0.4 is 10.6 Å². The number of rotatable bonds is 3. The maximum absolute atomic E-state index is 12.6. The number of carbonyl (C=O) groups is 1. The van der Waals surface area contributed by atoms with Crippen molar-refractivity contribution in [3.8, 4) is 0 Å². The fourth-order valence-corrected chi connectivity index (χ4v) is 3.06. The Morgan fingerprint density at radius 1 is 1.12 bits per heavy atom. The van der Waals surface area contributed by atoms with E-state index in [1.165, 1.54) is 0 Å². The summed E-state index contributed by atoms with van der Waals surface area (Å²) < 4.78 is 0.962. The highest BCUT2D eigenvalue weighted by Crippen LogP contribution is 2.19. The lowest BCUT2D eigenvalue weighted by molar-refractivity contribution is -0.133. The molecule has 2 N–H and O–H groups in total. The predicted octanol–water partition coefficient (Wildman–Crippen LogP) is 2.50. The van der Waals surface area contributed by atoms with Crippen molar-refractivity contribution < 1.29 is 4.79 Å². The Balaban J connectivity index is 1.60. The van der Waals surface area contributed by atoms with Gasteiger partial charge in [0.15, 0.2) is 0 Å². The van der Waals surface area contributed by atoms with Gasteiger partial charge >= 0.3 is 0 Å². The molecule has 5 nitrogen and oxygen atoms in total. The number of aryl methyl sites for hydroxylation is 1. The minimum absolute atomic E-state index is 0.0118. The van der Waals surface area contributed by atoms with E-state index in [4.69, 9.17) is 5.73 Å². The molecule has 1 amide bonds. The van der Waals surface area contributed by atoms with Crippen molar-refractivity contribution in [1.29, 1.82) is 0 Å². The normalized spacial score (nSPS) is 16.1. The zero-order chi connectivity index (χ0) is 17.1. The van der Waals surface area contributed by atoms with Gasteiger partial charge in [-0.15, -0.1) is 0 Å². The zero-order valence-electron chi connectivity index (χ0n) is 13.7. The lowest BCUT2D eigenvalue weighted by atomic mass is 10.0. The summed E-state index contributed by atoms with van der Waals surface area (Å²) in [6.45, 7) is 4.88. The van der Waals surface area contributed by atoms with Gasteiger partial charge in [0, 0.05) is 36.8 Å². The van der Waals surface area contributed by atoms with Gasteiger partial charge in [-0.05, 0) is 40.5 Å². The lowest BCUT2D eigenvalue weighted by Gasteiger charge is -2.36. The van der Waals surface area contributed by atoms with Gasteiger partial charge in [-0.2, -0.15) is 0 Å². The molecule has 2 aromatic rings. The molecule has 1 atom stereocenters. The number of piperazine rings is 1. The summed E-state index contributed by atoms with van der Waals surface area (Å²) in [7, 11) is 0. The number of pyridine rings is 1. The van der Waals surface area contributed by atoms with E-state index >= 15 is 0 Å². The molecular weight excluding hydrogens is 368 g/mol. The molecule has 6 heteroatoms. The van der Waals surface area contributed by atoms with E-state index in [-0.39, 0.29) is 5.91 Å². The van der Waals surface area contributed by atoms with Gasteiger partial charge in [-0.1, -0.05) is 29.8 Å². The number of amides is 1. The standard InChI is InChI=1S/C18H21BrN4O/c1-13-2-4-14(5-3-13)17(20)18(24)23-10-8-22(9-11-23)16-7-6-15(19)12-21-16/h2-7,12,17H,8-11,20H2,1H3. The van der Waals surface area contributed by atoms with E-state index in [1.807, 2.05) is 48.2 Å². The largest absolute Gasteiger partial charge is 0.353 e. The second kappa shape index (κ2) is 7.32. The average molecular weight is 389 g/mol. The maximum Gasteiger partial charge on any atom is 0.244 e. The summed E-state index contributed by atoms with van der Waals surface area (Å²) in [5.41, 5.74) is 8.18. The molecule has 0 bridgehead atoms. The SMILES string of the molecule is Cc1ccc(C(N)C(=O)N2CCN(c3ccc(Br)cn3)CC2)cc1. The number of anilines is 1. The van der Waals surface area contributed by atoms with Crippen LogP contribution in [0, 0.1) is 6.92 Å². The monoisotopic (exact) mass is 388 g/mol. The van der Waals surface area contributed by atoms with E-state index in [1.54, 1.807) is 6.20 Å². The number of nitrogens with zero attached hydrogens (tertiary/aromatic N) is 3. The first-order valence-corrected chi connectivity index (χ1v) is 8.81. The molecule has 2 heterocycles. The van der Waals surface area contributed by atoms with Crippen LogP contribution in [0.3, 0.4) is 0 Å². The number of hydrogen-bond donors (Lipinski definition) is 1. The van der Waals surface area contributed by atoms with Crippen LogP contribution in [0.5, 0.6) is 0 Å². The third-order valence-electron chi connectivity index (χ3n) is 4.33. The van der Waals surface area contributed by atoms with Crippen molar-refractivity contribution in [3.05, 3.63) is 58.2 Å². The van der Waals surface area contributed by atoms with Crippen molar-refractivity contribution in [3.63, 3.8) is 0 Å². The Bertz CT molecular complexity index is 694. The lowest BCUT2D eigenvalue weighted by Crippen LogP contribution is -2.51. The molecule has 3 rings (SSSR count). The number of aromatic nitrogens is 1. The fraction of sp³-hybridized carbons (Fsp3) is 0.333. The van der Waals surface area contributed by atoms with E-state index < -0.39 is 6.04 Å². The second-order valence-corrected chi connectivity index (χ2v) is 6.95. The van der Waals surface area contributed by atoms with Gasteiger partial charge in [0.1, 0.15) is 11.9 Å². The Morgan fingerprint density at radius 2 is 1.79 bits per heavy atom. The smallest absolute Gasteiger partial charge is 0.244 e. The summed E-state index contributed by atoms with van der Waals surface area (Å²) in [6, 6.07) is 11.2. The number of halogens is 1. The van der Waals surface area contributed by atoms with Gasteiger partial charge in [0.25, 0.3) is 0 Å². The van der Waals surface area contributed by atoms with Crippen molar-refractivity contribution in [2.45, 2.75) is 13.0 Å². The Morgan fingerprint density at radius 3 is 2.38 bits per heavy atom. The van der Waals surface area contributed by atoms with Crippen LogP contribution in [0.2, 0.25) is 0 Å². The minimum atomic E-state index is -0.594. The summed E-state index contributed by atoms with van der Waals surface area (Å²) >= 11 is 3.39. The Kier molecular flexibility index (Phi) is 5.16. The number of benzene rings is 1. The number of nitrogens with two attached hydrogens (primary N) is 1. The predicted molar refractivity (Wildman–Crippen MR) is 98.8 cm³/mol. The second-order valence-electron chi connectivity index (χ2n) is 6.04. The molecule has 1 aromatic carbocycles. The first kappa shape index (κ1) is 16.9. The topological polar surface area (TPSA) is 62.5 Å². The Hall–Kier alpha value is -1.92. The summed E-state index contributed by atoms with van der Waals surface area (Å²) in [5.74, 6) is 0.926. The molecule has 126 valence electrons. The molecule has 1 aliphatic rings.